The monoisotopic (exact) mass is 274 g/mol. The fourth-order valence-electron chi connectivity index (χ4n) is 1.93. The first-order chi connectivity index (χ1) is 9.25. The topological polar surface area (TPSA) is 81.7 Å². The molecule has 0 aliphatic heterocycles. The summed E-state index contributed by atoms with van der Waals surface area (Å²) >= 11 is 0. The van der Waals surface area contributed by atoms with Gasteiger partial charge < -0.3 is 5.43 Å². The average molecular weight is 274 g/mol. The van der Waals surface area contributed by atoms with E-state index >= 15 is 0 Å². The number of imidazole rings is 1. The Morgan fingerprint density at radius 3 is 2.25 bits per heavy atom. The van der Waals surface area contributed by atoms with Gasteiger partial charge in [0.1, 0.15) is 23.8 Å². The van der Waals surface area contributed by atoms with E-state index in [0.29, 0.717) is 5.82 Å². The summed E-state index contributed by atoms with van der Waals surface area (Å²) in [6, 6.07) is 0. The summed E-state index contributed by atoms with van der Waals surface area (Å²) < 4.78 is 1.97. The van der Waals surface area contributed by atoms with Crippen LogP contribution in [0, 0.1) is 20.8 Å². The highest BCUT2D eigenvalue weighted by molar-refractivity contribution is 5.52. The molecule has 20 heavy (non-hydrogen) atoms. The number of nitrogens with zero attached hydrogens (tertiary/aromatic N) is 4. The molecule has 2 aromatic rings. The predicted octanol–water partition coefficient (Wildman–Crippen LogP) is 2.17. The minimum absolute atomic E-state index is 0.155. The van der Waals surface area contributed by atoms with E-state index in [4.69, 9.17) is 10.8 Å². The molecule has 2 heterocycles. The van der Waals surface area contributed by atoms with Crippen molar-refractivity contribution in [2.45, 2.75) is 47.0 Å². The summed E-state index contributed by atoms with van der Waals surface area (Å²) in [5, 5.41) is 0. The second kappa shape index (κ2) is 4.86. The Bertz CT molecular complexity index is 636. The van der Waals surface area contributed by atoms with Gasteiger partial charge in [0.25, 0.3) is 0 Å². The minimum Gasteiger partial charge on any atom is -0.308 e. The Hall–Kier alpha value is -1.95. The van der Waals surface area contributed by atoms with E-state index in [9.17, 15) is 0 Å². The first-order valence-corrected chi connectivity index (χ1v) is 6.62. The molecule has 3 N–H and O–H groups in total. The summed E-state index contributed by atoms with van der Waals surface area (Å²) in [6.45, 7) is 12.2. The van der Waals surface area contributed by atoms with Crippen molar-refractivity contribution < 1.29 is 0 Å². The molecular weight excluding hydrogens is 252 g/mol. The van der Waals surface area contributed by atoms with Crippen LogP contribution in [0.4, 0.5) is 5.82 Å². The first kappa shape index (κ1) is 14.5. The van der Waals surface area contributed by atoms with E-state index in [-0.39, 0.29) is 5.41 Å². The third-order valence-corrected chi connectivity index (χ3v) is 3.41. The maximum absolute atomic E-state index is 5.59. The lowest BCUT2D eigenvalue weighted by atomic mass is 9.95. The van der Waals surface area contributed by atoms with Crippen molar-refractivity contribution in [1.82, 2.24) is 19.5 Å². The SMILES string of the molecule is Cc1ncn(-c2nc(C(C)(C)C)nc(NN)c2C)c1C. The van der Waals surface area contributed by atoms with Crippen molar-refractivity contribution in [3.8, 4) is 5.82 Å². The van der Waals surface area contributed by atoms with Crippen LogP contribution in [0.2, 0.25) is 0 Å². The number of aromatic nitrogens is 4. The van der Waals surface area contributed by atoms with E-state index in [2.05, 4.69) is 36.2 Å². The van der Waals surface area contributed by atoms with Gasteiger partial charge in [-0.15, -0.1) is 0 Å². The van der Waals surface area contributed by atoms with Crippen molar-refractivity contribution in [3.05, 3.63) is 29.1 Å². The lowest BCUT2D eigenvalue weighted by Gasteiger charge is -2.20. The Labute approximate surface area is 119 Å². The standard InChI is InChI=1S/C14H22N6/c1-8-11(19-15)17-13(14(4,5)6)18-12(8)20-7-16-9(2)10(20)3/h7H,15H2,1-6H3,(H,17,18,19). The molecule has 0 aliphatic rings. The second-order valence-corrected chi connectivity index (χ2v) is 6.02. The maximum atomic E-state index is 5.59. The highest BCUT2D eigenvalue weighted by Gasteiger charge is 2.22. The number of hydrogen-bond donors (Lipinski definition) is 2. The summed E-state index contributed by atoms with van der Waals surface area (Å²) in [7, 11) is 0. The number of hydrazine groups is 1. The van der Waals surface area contributed by atoms with Crippen LogP contribution in [0.3, 0.4) is 0 Å². The molecule has 6 nitrogen and oxygen atoms in total. The van der Waals surface area contributed by atoms with Gasteiger partial charge in [0.05, 0.1) is 5.69 Å². The predicted molar refractivity (Wildman–Crippen MR) is 79.9 cm³/mol. The lowest BCUT2D eigenvalue weighted by Crippen LogP contribution is -2.22. The van der Waals surface area contributed by atoms with Gasteiger partial charge in [0.2, 0.25) is 0 Å². The molecule has 0 aromatic carbocycles. The van der Waals surface area contributed by atoms with Crippen molar-refractivity contribution in [3.63, 3.8) is 0 Å². The first-order valence-electron chi connectivity index (χ1n) is 6.62. The Morgan fingerprint density at radius 1 is 1.15 bits per heavy atom. The molecule has 0 bridgehead atoms. The van der Waals surface area contributed by atoms with Gasteiger partial charge in [0, 0.05) is 16.7 Å². The summed E-state index contributed by atoms with van der Waals surface area (Å²) in [5.74, 6) is 7.79. The third kappa shape index (κ3) is 2.38. The highest BCUT2D eigenvalue weighted by atomic mass is 15.3. The number of rotatable bonds is 2. The lowest BCUT2D eigenvalue weighted by molar-refractivity contribution is 0.543. The van der Waals surface area contributed by atoms with Crippen molar-refractivity contribution in [2.75, 3.05) is 5.43 Å². The van der Waals surface area contributed by atoms with E-state index in [0.717, 1.165) is 28.6 Å². The van der Waals surface area contributed by atoms with Crippen LogP contribution in [0.5, 0.6) is 0 Å². The maximum Gasteiger partial charge on any atom is 0.148 e. The number of hydrogen-bond acceptors (Lipinski definition) is 5. The van der Waals surface area contributed by atoms with Gasteiger partial charge in [-0.25, -0.2) is 20.8 Å². The molecule has 0 saturated carbocycles. The van der Waals surface area contributed by atoms with Crippen molar-refractivity contribution in [1.29, 1.82) is 0 Å². The largest absolute Gasteiger partial charge is 0.308 e. The number of nitrogens with two attached hydrogens (primary N) is 1. The fourth-order valence-corrected chi connectivity index (χ4v) is 1.93. The summed E-state index contributed by atoms with van der Waals surface area (Å²) in [6.07, 6.45) is 1.78. The van der Waals surface area contributed by atoms with Gasteiger partial charge in [-0.3, -0.25) is 4.57 Å². The van der Waals surface area contributed by atoms with Crippen LogP contribution in [-0.4, -0.2) is 19.5 Å². The van der Waals surface area contributed by atoms with E-state index in [1.165, 1.54) is 0 Å². The normalized spacial score (nSPS) is 11.8. The number of aryl methyl sites for hydroxylation is 1. The van der Waals surface area contributed by atoms with Gasteiger partial charge >= 0.3 is 0 Å². The highest BCUT2D eigenvalue weighted by Crippen LogP contribution is 2.26. The molecular formula is C14H22N6. The Morgan fingerprint density at radius 2 is 1.80 bits per heavy atom. The number of anilines is 1. The molecule has 0 atom stereocenters. The number of nitrogens with one attached hydrogen (secondary N) is 1. The molecule has 0 saturated heterocycles. The van der Waals surface area contributed by atoms with Crippen LogP contribution in [-0.2, 0) is 5.41 Å². The quantitative estimate of drug-likeness (QED) is 0.648. The van der Waals surface area contributed by atoms with Crippen LogP contribution in [0.15, 0.2) is 6.33 Å². The van der Waals surface area contributed by atoms with Gasteiger partial charge in [0.15, 0.2) is 0 Å². The van der Waals surface area contributed by atoms with E-state index in [1.807, 2.05) is 25.3 Å². The molecule has 0 amide bonds. The van der Waals surface area contributed by atoms with Crippen LogP contribution < -0.4 is 11.3 Å². The zero-order valence-corrected chi connectivity index (χ0v) is 12.9. The molecule has 2 aromatic heterocycles. The number of nitrogen functional groups attached to an aromatic ring is 1. The molecule has 0 unspecified atom stereocenters. The zero-order valence-electron chi connectivity index (χ0n) is 12.9. The summed E-state index contributed by atoms with van der Waals surface area (Å²) in [5.41, 5.74) is 5.46. The second-order valence-electron chi connectivity index (χ2n) is 6.02. The minimum atomic E-state index is -0.155. The molecule has 0 radical (unpaired) electrons. The molecule has 108 valence electrons. The van der Waals surface area contributed by atoms with E-state index < -0.39 is 0 Å². The smallest absolute Gasteiger partial charge is 0.148 e. The third-order valence-electron chi connectivity index (χ3n) is 3.41. The molecule has 0 aliphatic carbocycles. The van der Waals surface area contributed by atoms with Crippen molar-refractivity contribution in [2.24, 2.45) is 5.84 Å². The van der Waals surface area contributed by atoms with E-state index in [1.54, 1.807) is 6.33 Å². The average Bonchev–Trinajstić information content (AvgIpc) is 2.69. The van der Waals surface area contributed by atoms with Gasteiger partial charge in [-0.05, 0) is 20.8 Å². The molecule has 0 fully saturated rings. The Balaban J connectivity index is 2.72. The van der Waals surface area contributed by atoms with Crippen LogP contribution in [0.1, 0.15) is 43.5 Å². The molecule has 0 spiro atoms. The zero-order chi connectivity index (χ0) is 15.1. The summed E-state index contributed by atoms with van der Waals surface area (Å²) in [4.78, 5) is 13.5. The van der Waals surface area contributed by atoms with Gasteiger partial charge in [-0.1, -0.05) is 20.8 Å². The Kier molecular flexibility index (Phi) is 3.52. The van der Waals surface area contributed by atoms with Gasteiger partial charge in [-0.2, -0.15) is 0 Å². The fraction of sp³-hybridized carbons (Fsp3) is 0.500. The molecule has 6 heteroatoms. The van der Waals surface area contributed by atoms with Crippen LogP contribution in [0.25, 0.3) is 5.82 Å². The molecule has 2 rings (SSSR count). The van der Waals surface area contributed by atoms with Crippen molar-refractivity contribution >= 4 is 5.82 Å². The van der Waals surface area contributed by atoms with Crippen LogP contribution >= 0.6 is 0 Å².